The van der Waals surface area contributed by atoms with Crippen LogP contribution in [-0.4, -0.2) is 55.6 Å². The molecule has 2 aromatic heterocycles. The van der Waals surface area contributed by atoms with Crippen LogP contribution in [0.3, 0.4) is 0 Å². The zero-order valence-electron chi connectivity index (χ0n) is 20.3. The average Bonchev–Trinajstić information content (AvgIpc) is 2.82. The van der Waals surface area contributed by atoms with Crippen LogP contribution in [0.15, 0.2) is 85.4 Å². The Morgan fingerprint density at radius 2 is 1.20 bits per heavy atom. The number of anilines is 2. The van der Waals surface area contributed by atoms with Crippen LogP contribution < -0.4 is 9.80 Å². The highest BCUT2D eigenvalue weighted by molar-refractivity contribution is 6.31. The van der Waals surface area contributed by atoms with Crippen molar-refractivity contribution >= 4 is 56.4 Å². The van der Waals surface area contributed by atoms with Gasteiger partial charge < -0.3 is 14.7 Å². The molecule has 2 heterocycles. The van der Waals surface area contributed by atoms with Gasteiger partial charge in [0.15, 0.2) is 0 Å². The van der Waals surface area contributed by atoms with Gasteiger partial charge in [-0.05, 0) is 54.1 Å². The van der Waals surface area contributed by atoms with Gasteiger partial charge in [-0.1, -0.05) is 36.4 Å². The molecule has 0 N–H and O–H groups in total. The number of rotatable bonds is 9. The lowest BCUT2D eigenvalue weighted by molar-refractivity contribution is 0.444. The van der Waals surface area contributed by atoms with E-state index >= 15 is 0 Å². The molecule has 4 aromatic rings. The summed E-state index contributed by atoms with van der Waals surface area (Å²) in [4.78, 5) is 15.4. The number of aromatic nitrogens is 2. The monoisotopic (exact) mass is 505 g/mol. The normalized spacial score (nSPS) is 11.0. The predicted molar refractivity (Wildman–Crippen MR) is 151 cm³/mol. The van der Waals surface area contributed by atoms with E-state index in [0.717, 1.165) is 44.5 Å². The number of likely N-dealkylation sites (N-methyl/N-ethyl adjacent to an activating group) is 3. The molecule has 0 unspecified atom stereocenters. The third-order valence-corrected chi connectivity index (χ3v) is 6.54. The minimum Gasteiger partial charge on any atom is -0.373 e. The number of benzene rings is 2. The molecular formula is C28H29Cl2N5. The zero-order valence-corrected chi connectivity index (χ0v) is 21.8. The highest BCUT2D eigenvalue weighted by atomic mass is 35.5. The Bertz CT molecular complexity index is 1400. The first-order valence-electron chi connectivity index (χ1n) is 11.3. The van der Waals surface area contributed by atoms with Crippen LogP contribution in [0.1, 0.15) is 0 Å². The number of hydrogen-bond acceptors (Lipinski definition) is 5. The molecule has 0 atom stereocenters. The van der Waals surface area contributed by atoms with E-state index in [-0.39, 0.29) is 0 Å². The third-order valence-electron chi connectivity index (χ3n) is 6.07. The summed E-state index contributed by atoms with van der Waals surface area (Å²) in [5, 5.41) is 3.49. The third kappa shape index (κ3) is 5.69. The van der Waals surface area contributed by atoms with Gasteiger partial charge in [-0.25, -0.2) is 0 Å². The Morgan fingerprint density at radius 3 is 1.71 bits per heavy atom. The lowest BCUT2D eigenvalue weighted by atomic mass is 10.1. The van der Waals surface area contributed by atoms with Gasteiger partial charge in [0.25, 0.3) is 0 Å². The highest BCUT2D eigenvalue weighted by Crippen LogP contribution is 2.28. The van der Waals surface area contributed by atoms with Crippen LogP contribution in [0.4, 0.5) is 11.4 Å². The Hall–Kier alpha value is -3.28. The second-order valence-electron chi connectivity index (χ2n) is 8.87. The van der Waals surface area contributed by atoms with E-state index in [1.807, 2.05) is 60.9 Å². The first-order valence-corrected chi connectivity index (χ1v) is 12.0. The van der Waals surface area contributed by atoms with Crippen molar-refractivity contribution in [1.29, 1.82) is 0 Å². The molecule has 180 valence electrons. The summed E-state index contributed by atoms with van der Waals surface area (Å²) in [7, 11) is 6.18. The maximum absolute atomic E-state index is 6.14. The van der Waals surface area contributed by atoms with Crippen molar-refractivity contribution in [2.75, 3.05) is 50.6 Å². The molecule has 0 fully saturated rings. The lowest BCUT2D eigenvalue weighted by Gasteiger charge is -2.29. The molecule has 5 nitrogen and oxygen atoms in total. The standard InChI is InChI=1S/C28H29Cl2N5/c1-19(17-34(4)27-10-12-31-25-14-21(29)6-8-23(25)27)16-33(3)20(2)18-35(5)28-11-13-32-26-15-22(30)7-9-24(26)28/h6-15H,1-2,16-18H2,3-5H3. The van der Waals surface area contributed by atoms with Crippen molar-refractivity contribution in [2.45, 2.75) is 0 Å². The minimum absolute atomic E-state index is 0.678. The lowest BCUT2D eigenvalue weighted by Crippen LogP contribution is -2.31. The van der Waals surface area contributed by atoms with Crippen LogP contribution >= 0.6 is 23.2 Å². The molecule has 0 saturated carbocycles. The number of pyridine rings is 2. The molecule has 7 heteroatoms. The molecule has 4 rings (SSSR count). The van der Waals surface area contributed by atoms with E-state index in [0.29, 0.717) is 29.7 Å². The fourth-order valence-electron chi connectivity index (χ4n) is 4.28. The molecule has 0 aliphatic heterocycles. The summed E-state index contributed by atoms with van der Waals surface area (Å²) in [6.07, 6.45) is 3.62. The summed E-state index contributed by atoms with van der Waals surface area (Å²) >= 11 is 12.3. The molecule has 0 amide bonds. The van der Waals surface area contributed by atoms with Crippen molar-refractivity contribution in [3.8, 4) is 0 Å². The summed E-state index contributed by atoms with van der Waals surface area (Å²) in [5.41, 5.74) is 6.03. The molecule has 0 aliphatic carbocycles. The summed E-state index contributed by atoms with van der Waals surface area (Å²) in [6, 6.07) is 15.6. The van der Waals surface area contributed by atoms with Crippen molar-refractivity contribution in [3.05, 3.63) is 95.4 Å². The Balaban J connectivity index is 1.39. The van der Waals surface area contributed by atoms with Gasteiger partial charge in [0.1, 0.15) is 0 Å². The van der Waals surface area contributed by atoms with Gasteiger partial charge in [-0.3, -0.25) is 9.97 Å². The van der Waals surface area contributed by atoms with Crippen LogP contribution in [0.2, 0.25) is 10.0 Å². The van der Waals surface area contributed by atoms with E-state index in [2.05, 4.69) is 59.0 Å². The second-order valence-corrected chi connectivity index (χ2v) is 9.74. The molecule has 0 radical (unpaired) electrons. The van der Waals surface area contributed by atoms with Gasteiger partial charge in [0, 0.05) is 84.5 Å². The van der Waals surface area contributed by atoms with E-state index in [4.69, 9.17) is 23.2 Å². The van der Waals surface area contributed by atoms with Crippen LogP contribution in [-0.2, 0) is 0 Å². The fourth-order valence-corrected chi connectivity index (χ4v) is 4.61. The number of nitrogens with zero attached hydrogens (tertiary/aromatic N) is 5. The number of fused-ring (bicyclic) bond motifs is 2. The highest BCUT2D eigenvalue weighted by Gasteiger charge is 2.13. The maximum atomic E-state index is 6.14. The van der Waals surface area contributed by atoms with Gasteiger partial charge >= 0.3 is 0 Å². The van der Waals surface area contributed by atoms with E-state index in [9.17, 15) is 0 Å². The Morgan fingerprint density at radius 1 is 0.714 bits per heavy atom. The quantitative estimate of drug-likeness (QED) is 0.237. The van der Waals surface area contributed by atoms with Crippen LogP contribution in [0.5, 0.6) is 0 Å². The maximum Gasteiger partial charge on any atom is 0.0737 e. The molecular weight excluding hydrogens is 477 g/mol. The molecule has 0 aliphatic rings. The molecule has 2 aromatic carbocycles. The first-order chi connectivity index (χ1) is 16.7. The van der Waals surface area contributed by atoms with Gasteiger partial charge in [0.2, 0.25) is 0 Å². The number of halogens is 2. The van der Waals surface area contributed by atoms with Crippen molar-refractivity contribution in [1.82, 2.24) is 14.9 Å². The first kappa shape index (κ1) is 24.8. The average molecular weight is 506 g/mol. The molecule has 35 heavy (non-hydrogen) atoms. The second kappa shape index (κ2) is 10.5. The predicted octanol–water partition coefficient (Wildman–Crippen LogP) is 6.66. The van der Waals surface area contributed by atoms with Crippen LogP contribution in [0, 0.1) is 0 Å². The van der Waals surface area contributed by atoms with E-state index in [1.165, 1.54) is 0 Å². The number of hydrogen-bond donors (Lipinski definition) is 0. The van der Waals surface area contributed by atoms with Gasteiger partial charge in [0.05, 0.1) is 17.6 Å². The summed E-state index contributed by atoms with van der Waals surface area (Å²) < 4.78 is 0. The molecule has 0 saturated heterocycles. The summed E-state index contributed by atoms with van der Waals surface area (Å²) in [5.74, 6) is 0. The van der Waals surface area contributed by atoms with Gasteiger partial charge in [-0.2, -0.15) is 0 Å². The zero-order chi connectivity index (χ0) is 25.1. The smallest absolute Gasteiger partial charge is 0.0737 e. The Labute approximate surface area is 216 Å². The molecule has 0 bridgehead atoms. The van der Waals surface area contributed by atoms with Gasteiger partial charge in [-0.15, -0.1) is 0 Å². The fraction of sp³-hybridized carbons (Fsp3) is 0.214. The van der Waals surface area contributed by atoms with Crippen molar-refractivity contribution < 1.29 is 0 Å². The summed E-state index contributed by atoms with van der Waals surface area (Å²) in [6.45, 7) is 10.8. The molecule has 0 spiro atoms. The largest absolute Gasteiger partial charge is 0.373 e. The van der Waals surface area contributed by atoms with Crippen molar-refractivity contribution in [3.63, 3.8) is 0 Å². The SMILES string of the molecule is C=C(CN(C)C(=C)CN(C)c1ccnc2cc(Cl)ccc12)CN(C)c1ccnc2cc(Cl)ccc12. The van der Waals surface area contributed by atoms with E-state index in [1.54, 1.807) is 0 Å². The Kier molecular flexibility index (Phi) is 7.48. The van der Waals surface area contributed by atoms with Crippen molar-refractivity contribution in [2.24, 2.45) is 0 Å². The van der Waals surface area contributed by atoms with E-state index < -0.39 is 0 Å². The minimum atomic E-state index is 0.678. The van der Waals surface area contributed by atoms with Crippen LogP contribution in [0.25, 0.3) is 21.8 Å². The topological polar surface area (TPSA) is 35.5 Å².